The topological polar surface area (TPSA) is 96.4 Å². The van der Waals surface area contributed by atoms with Crippen molar-refractivity contribution < 1.29 is 18.3 Å². The molecule has 0 saturated heterocycles. The molecular weight excluding hydrogens is 388 g/mol. The number of nitrogens with zero attached hydrogens (tertiary/aromatic N) is 1. The predicted molar refractivity (Wildman–Crippen MR) is 111 cm³/mol. The van der Waals surface area contributed by atoms with E-state index < -0.39 is 22.0 Å². The van der Waals surface area contributed by atoms with E-state index in [1.54, 1.807) is 24.3 Å². The van der Waals surface area contributed by atoms with Gasteiger partial charge in [-0.05, 0) is 28.5 Å². The molecule has 4 rings (SSSR count). The van der Waals surface area contributed by atoms with Gasteiger partial charge in [-0.1, -0.05) is 60.7 Å². The standard InChI is InChI=1S/C22H18N2O4S/c25-22(26)19(14-17-9-3-7-15-6-1-2-11-18(15)17)24-29(27,28)20-12-4-8-16-10-5-13-23-21(16)20/h1-13,19,24H,14H2,(H,25,26)/t19-/m0/s1. The molecule has 0 aliphatic rings. The van der Waals surface area contributed by atoms with Crippen molar-refractivity contribution in [3.05, 3.63) is 84.6 Å². The summed E-state index contributed by atoms with van der Waals surface area (Å²) in [5.41, 5.74) is 1.06. The van der Waals surface area contributed by atoms with Crippen molar-refractivity contribution >= 4 is 37.7 Å². The fourth-order valence-electron chi connectivity index (χ4n) is 3.41. The summed E-state index contributed by atoms with van der Waals surface area (Å²) in [5, 5.41) is 12.2. The fraction of sp³-hybridized carbons (Fsp3) is 0.0909. The Bertz CT molecular complexity index is 1310. The largest absolute Gasteiger partial charge is 0.480 e. The van der Waals surface area contributed by atoms with E-state index in [1.165, 1.54) is 12.3 Å². The van der Waals surface area contributed by atoms with Gasteiger partial charge in [-0.3, -0.25) is 9.78 Å². The number of rotatable bonds is 6. The summed E-state index contributed by atoms with van der Waals surface area (Å²) in [6.07, 6.45) is 1.53. The number of pyridine rings is 1. The Morgan fingerprint density at radius 1 is 0.931 bits per heavy atom. The van der Waals surface area contributed by atoms with Gasteiger partial charge in [-0.2, -0.15) is 4.72 Å². The van der Waals surface area contributed by atoms with E-state index in [-0.39, 0.29) is 11.3 Å². The third kappa shape index (κ3) is 3.83. The minimum absolute atomic E-state index is 0.0219. The minimum Gasteiger partial charge on any atom is -0.480 e. The van der Waals surface area contributed by atoms with Crippen molar-refractivity contribution in [2.24, 2.45) is 0 Å². The minimum atomic E-state index is -4.10. The first-order valence-corrected chi connectivity index (χ1v) is 10.5. The first-order chi connectivity index (χ1) is 14.0. The Balaban J connectivity index is 1.70. The normalized spacial score (nSPS) is 12.8. The average Bonchev–Trinajstić information content (AvgIpc) is 2.73. The molecule has 6 nitrogen and oxygen atoms in total. The predicted octanol–water partition coefficient (Wildman–Crippen LogP) is 3.36. The van der Waals surface area contributed by atoms with Crippen molar-refractivity contribution in [3.8, 4) is 0 Å². The molecule has 1 atom stereocenters. The van der Waals surface area contributed by atoms with E-state index in [9.17, 15) is 18.3 Å². The molecule has 0 radical (unpaired) electrons. The highest BCUT2D eigenvalue weighted by Crippen LogP contribution is 2.23. The Morgan fingerprint density at radius 2 is 1.62 bits per heavy atom. The number of aromatic nitrogens is 1. The SMILES string of the molecule is O=C(O)[C@H](Cc1cccc2ccccc12)NS(=O)(=O)c1cccc2cccnc12. The number of benzene rings is 3. The maximum absolute atomic E-state index is 13.0. The molecule has 0 bridgehead atoms. The number of carbonyl (C=O) groups is 1. The summed E-state index contributed by atoms with van der Waals surface area (Å²) in [6.45, 7) is 0. The lowest BCUT2D eigenvalue weighted by Crippen LogP contribution is -2.42. The summed E-state index contributed by atoms with van der Waals surface area (Å²) in [7, 11) is -4.10. The zero-order valence-electron chi connectivity index (χ0n) is 15.3. The lowest BCUT2D eigenvalue weighted by molar-refractivity contribution is -0.138. The van der Waals surface area contributed by atoms with Crippen molar-refractivity contribution in [1.29, 1.82) is 0 Å². The van der Waals surface area contributed by atoms with E-state index in [4.69, 9.17) is 0 Å². The number of nitrogens with one attached hydrogen (secondary N) is 1. The van der Waals surface area contributed by atoms with E-state index >= 15 is 0 Å². The second-order valence-corrected chi connectivity index (χ2v) is 8.37. The Hall–Kier alpha value is -3.29. The molecule has 0 spiro atoms. The number of aliphatic carboxylic acids is 1. The van der Waals surface area contributed by atoms with Gasteiger partial charge in [0.2, 0.25) is 10.0 Å². The highest BCUT2D eigenvalue weighted by molar-refractivity contribution is 7.89. The zero-order chi connectivity index (χ0) is 20.4. The second-order valence-electron chi connectivity index (χ2n) is 6.69. The van der Waals surface area contributed by atoms with Crippen LogP contribution in [0.3, 0.4) is 0 Å². The first-order valence-electron chi connectivity index (χ1n) is 9.01. The first kappa shape index (κ1) is 19.0. The highest BCUT2D eigenvalue weighted by Gasteiger charge is 2.27. The molecule has 0 unspecified atom stereocenters. The maximum Gasteiger partial charge on any atom is 0.322 e. The molecule has 7 heteroatoms. The number of hydrogen-bond donors (Lipinski definition) is 2. The Labute approximate surface area is 167 Å². The number of carboxylic acid groups (broad SMARTS) is 1. The summed E-state index contributed by atoms with van der Waals surface area (Å²) in [5.74, 6) is -1.24. The molecule has 4 aromatic rings. The van der Waals surface area contributed by atoms with Crippen LogP contribution in [0.5, 0.6) is 0 Å². The summed E-state index contributed by atoms with van der Waals surface area (Å²) in [6, 6.07) is 20.1. The van der Waals surface area contributed by atoms with Crippen molar-refractivity contribution in [2.75, 3.05) is 0 Å². The third-order valence-electron chi connectivity index (χ3n) is 4.78. The van der Waals surface area contributed by atoms with E-state index in [1.807, 2.05) is 42.5 Å². The van der Waals surface area contributed by atoms with Crippen LogP contribution in [0.4, 0.5) is 0 Å². The van der Waals surface area contributed by atoms with Gasteiger partial charge < -0.3 is 5.11 Å². The molecule has 2 N–H and O–H groups in total. The van der Waals surface area contributed by atoms with Crippen molar-refractivity contribution in [2.45, 2.75) is 17.4 Å². The van der Waals surface area contributed by atoms with Crippen LogP contribution in [-0.4, -0.2) is 30.5 Å². The molecule has 1 heterocycles. The summed E-state index contributed by atoms with van der Waals surface area (Å²) < 4.78 is 28.3. The molecule has 0 fully saturated rings. The number of carboxylic acids is 1. The number of sulfonamides is 1. The second kappa shape index (κ2) is 7.62. The molecule has 0 saturated carbocycles. The zero-order valence-corrected chi connectivity index (χ0v) is 16.1. The molecule has 0 aliphatic heterocycles. The Morgan fingerprint density at radius 3 is 2.45 bits per heavy atom. The van der Waals surface area contributed by atoms with Crippen LogP contribution in [0.15, 0.2) is 83.9 Å². The van der Waals surface area contributed by atoms with E-state index in [0.717, 1.165) is 16.3 Å². The molecule has 3 aromatic carbocycles. The van der Waals surface area contributed by atoms with Gasteiger partial charge in [0.1, 0.15) is 10.9 Å². The van der Waals surface area contributed by atoms with Gasteiger partial charge in [0.15, 0.2) is 0 Å². The van der Waals surface area contributed by atoms with E-state index in [2.05, 4.69) is 9.71 Å². The fourth-order valence-corrected chi connectivity index (χ4v) is 4.78. The van der Waals surface area contributed by atoms with Crippen LogP contribution in [-0.2, 0) is 21.2 Å². The molecule has 0 aliphatic carbocycles. The lowest BCUT2D eigenvalue weighted by Gasteiger charge is -2.17. The van der Waals surface area contributed by atoms with Crippen molar-refractivity contribution in [1.82, 2.24) is 9.71 Å². The number of hydrogen-bond acceptors (Lipinski definition) is 4. The van der Waals surface area contributed by atoms with Crippen LogP contribution >= 0.6 is 0 Å². The van der Waals surface area contributed by atoms with Gasteiger partial charge in [0, 0.05) is 18.0 Å². The smallest absolute Gasteiger partial charge is 0.322 e. The summed E-state index contributed by atoms with van der Waals surface area (Å²) in [4.78, 5) is 16.0. The molecule has 1 aromatic heterocycles. The van der Waals surface area contributed by atoms with Gasteiger partial charge in [0.25, 0.3) is 0 Å². The number of para-hydroxylation sites is 1. The average molecular weight is 406 g/mol. The molecular formula is C22H18N2O4S. The highest BCUT2D eigenvalue weighted by atomic mass is 32.2. The van der Waals surface area contributed by atoms with Crippen LogP contribution in [0.2, 0.25) is 0 Å². The van der Waals surface area contributed by atoms with Gasteiger partial charge in [-0.25, -0.2) is 8.42 Å². The third-order valence-corrected chi connectivity index (χ3v) is 6.29. The summed E-state index contributed by atoms with van der Waals surface area (Å²) >= 11 is 0. The van der Waals surface area contributed by atoms with Crippen LogP contribution in [0.25, 0.3) is 21.7 Å². The lowest BCUT2D eigenvalue weighted by atomic mass is 9.99. The van der Waals surface area contributed by atoms with E-state index in [0.29, 0.717) is 10.9 Å². The van der Waals surface area contributed by atoms with Gasteiger partial charge in [-0.15, -0.1) is 0 Å². The quantitative estimate of drug-likeness (QED) is 0.512. The Kier molecular flexibility index (Phi) is 5.00. The molecule has 146 valence electrons. The van der Waals surface area contributed by atoms with Crippen LogP contribution < -0.4 is 4.72 Å². The van der Waals surface area contributed by atoms with Crippen molar-refractivity contribution in [3.63, 3.8) is 0 Å². The van der Waals surface area contributed by atoms with Gasteiger partial charge >= 0.3 is 5.97 Å². The maximum atomic E-state index is 13.0. The molecule has 29 heavy (non-hydrogen) atoms. The monoisotopic (exact) mass is 406 g/mol. The number of fused-ring (bicyclic) bond motifs is 2. The van der Waals surface area contributed by atoms with Crippen LogP contribution in [0.1, 0.15) is 5.56 Å². The molecule has 0 amide bonds. The van der Waals surface area contributed by atoms with Gasteiger partial charge in [0.05, 0.1) is 5.52 Å². The van der Waals surface area contributed by atoms with Crippen LogP contribution in [0, 0.1) is 0 Å².